The van der Waals surface area contributed by atoms with E-state index < -0.39 is 10.0 Å². The monoisotopic (exact) mass is 190 g/mol. The molecule has 0 saturated carbocycles. The second-order valence-corrected chi connectivity index (χ2v) is 4.95. The third-order valence-electron chi connectivity index (χ3n) is 1.81. The highest BCUT2D eigenvalue weighted by Crippen LogP contribution is 2.06. The highest BCUT2D eigenvalue weighted by Gasteiger charge is 2.20. The SMILES string of the molecule is CCS(=O)(=O)N(C)C(C)CC#N. The molecule has 70 valence electrons. The standard InChI is InChI=1S/C7H14N2O2S/c1-4-12(10,11)9(3)7(2)5-6-8/h7H,4-5H2,1-3H3. The van der Waals surface area contributed by atoms with Crippen LogP contribution in [0.3, 0.4) is 0 Å². The van der Waals surface area contributed by atoms with Crippen LogP contribution < -0.4 is 0 Å². The molecule has 0 fully saturated rings. The van der Waals surface area contributed by atoms with Gasteiger partial charge in [0.25, 0.3) is 0 Å². The topological polar surface area (TPSA) is 61.2 Å². The minimum atomic E-state index is -3.14. The fourth-order valence-corrected chi connectivity index (χ4v) is 1.77. The van der Waals surface area contributed by atoms with E-state index in [9.17, 15) is 8.42 Å². The molecule has 1 unspecified atom stereocenters. The molecule has 0 spiro atoms. The van der Waals surface area contributed by atoms with Crippen LogP contribution in [-0.2, 0) is 10.0 Å². The average molecular weight is 190 g/mol. The van der Waals surface area contributed by atoms with E-state index in [1.807, 2.05) is 6.07 Å². The first kappa shape index (κ1) is 11.4. The van der Waals surface area contributed by atoms with Crippen molar-refractivity contribution in [3.8, 4) is 6.07 Å². The number of nitrogens with zero attached hydrogens (tertiary/aromatic N) is 2. The molecule has 12 heavy (non-hydrogen) atoms. The molecule has 0 bridgehead atoms. The number of sulfonamides is 1. The van der Waals surface area contributed by atoms with E-state index in [-0.39, 0.29) is 18.2 Å². The Bertz CT molecular complexity index is 266. The van der Waals surface area contributed by atoms with E-state index in [0.717, 1.165) is 0 Å². The summed E-state index contributed by atoms with van der Waals surface area (Å²) >= 11 is 0. The normalized spacial score (nSPS) is 14.2. The molecule has 0 rings (SSSR count). The molecule has 0 N–H and O–H groups in total. The summed E-state index contributed by atoms with van der Waals surface area (Å²) in [7, 11) is -1.64. The Morgan fingerprint density at radius 3 is 2.42 bits per heavy atom. The molecule has 0 aromatic carbocycles. The highest BCUT2D eigenvalue weighted by atomic mass is 32.2. The van der Waals surface area contributed by atoms with E-state index in [1.54, 1.807) is 13.8 Å². The van der Waals surface area contributed by atoms with E-state index in [4.69, 9.17) is 5.26 Å². The van der Waals surface area contributed by atoms with Crippen molar-refractivity contribution in [1.82, 2.24) is 4.31 Å². The van der Waals surface area contributed by atoms with Crippen LogP contribution in [0, 0.1) is 11.3 Å². The van der Waals surface area contributed by atoms with Crippen LogP contribution in [-0.4, -0.2) is 31.6 Å². The Morgan fingerprint density at radius 1 is 1.58 bits per heavy atom. The van der Waals surface area contributed by atoms with Crippen LogP contribution in [0.5, 0.6) is 0 Å². The van der Waals surface area contributed by atoms with Crippen molar-refractivity contribution in [3.63, 3.8) is 0 Å². The van der Waals surface area contributed by atoms with Gasteiger partial charge in [0.15, 0.2) is 0 Å². The van der Waals surface area contributed by atoms with E-state index >= 15 is 0 Å². The number of hydrogen-bond donors (Lipinski definition) is 0. The maximum absolute atomic E-state index is 11.2. The first-order valence-electron chi connectivity index (χ1n) is 3.78. The summed E-state index contributed by atoms with van der Waals surface area (Å²) in [5, 5.41) is 8.35. The van der Waals surface area contributed by atoms with Gasteiger partial charge in [0.05, 0.1) is 18.2 Å². The van der Waals surface area contributed by atoms with Crippen LogP contribution in [0.2, 0.25) is 0 Å². The molecule has 1 atom stereocenters. The largest absolute Gasteiger partial charge is 0.213 e. The van der Waals surface area contributed by atoms with Crippen molar-refractivity contribution in [3.05, 3.63) is 0 Å². The van der Waals surface area contributed by atoms with Gasteiger partial charge in [0, 0.05) is 13.1 Å². The molecule has 0 aliphatic rings. The molecule has 0 aromatic rings. The Balaban J connectivity index is 4.41. The fourth-order valence-electron chi connectivity index (χ4n) is 0.738. The molecule has 0 aliphatic heterocycles. The minimum absolute atomic E-state index is 0.0826. The van der Waals surface area contributed by atoms with Crippen molar-refractivity contribution < 1.29 is 8.42 Å². The summed E-state index contributed by atoms with van der Waals surface area (Å²) in [5.41, 5.74) is 0. The molecule has 0 aromatic heterocycles. The smallest absolute Gasteiger partial charge is 0.212 e. The lowest BCUT2D eigenvalue weighted by Crippen LogP contribution is -2.35. The highest BCUT2D eigenvalue weighted by molar-refractivity contribution is 7.89. The quantitative estimate of drug-likeness (QED) is 0.651. The molecule has 0 saturated heterocycles. The second kappa shape index (κ2) is 4.43. The Kier molecular flexibility index (Phi) is 4.21. The van der Waals surface area contributed by atoms with Gasteiger partial charge in [-0.15, -0.1) is 0 Å². The van der Waals surface area contributed by atoms with Gasteiger partial charge in [-0.1, -0.05) is 0 Å². The van der Waals surface area contributed by atoms with Crippen molar-refractivity contribution in [2.24, 2.45) is 0 Å². The van der Waals surface area contributed by atoms with Crippen molar-refractivity contribution in [1.29, 1.82) is 5.26 Å². The summed E-state index contributed by atoms with van der Waals surface area (Å²) in [6, 6.07) is 1.70. The molecule has 0 heterocycles. The summed E-state index contributed by atoms with van der Waals surface area (Å²) in [6.07, 6.45) is 0.232. The van der Waals surface area contributed by atoms with Gasteiger partial charge in [0.1, 0.15) is 0 Å². The molecule has 0 amide bonds. The van der Waals surface area contributed by atoms with Crippen molar-refractivity contribution in [2.45, 2.75) is 26.3 Å². The Hall–Kier alpha value is -0.600. The van der Waals surface area contributed by atoms with E-state index in [2.05, 4.69) is 0 Å². The number of nitriles is 1. The number of hydrogen-bond acceptors (Lipinski definition) is 3. The second-order valence-electron chi connectivity index (χ2n) is 2.63. The summed E-state index contributed by atoms with van der Waals surface area (Å²) in [6.45, 7) is 3.31. The Morgan fingerprint density at radius 2 is 2.08 bits per heavy atom. The van der Waals surface area contributed by atoms with Crippen LogP contribution >= 0.6 is 0 Å². The van der Waals surface area contributed by atoms with Crippen LogP contribution in [0.25, 0.3) is 0 Å². The van der Waals surface area contributed by atoms with E-state index in [1.165, 1.54) is 11.4 Å². The zero-order valence-electron chi connectivity index (χ0n) is 7.61. The molecule has 0 radical (unpaired) electrons. The predicted octanol–water partition coefficient (Wildman–Crippen LogP) is 0.570. The van der Waals surface area contributed by atoms with E-state index in [0.29, 0.717) is 0 Å². The van der Waals surface area contributed by atoms with Crippen molar-refractivity contribution >= 4 is 10.0 Å². The van der Waals surface area contributed by atoms with Crippen LogP contribution in [0.15, 0.2) is 0 Å². The van der Waals surface area contributed by atoms with Gasteiger partial charge in [0.2, 0.25) is 10.0 Å². The number of rotatable bonds is 4. The van der Waals surface area contributed by atoms with Gasteiger partial charge < -0.3 is 0 Å². The first-order valence-corrected chi connectivity index (χ1v) is 5.39. The molecule has 5 heteroatoms. The molecular formula is C7H14N2O2S. The lowest BCUT2D eigenvalue weighted by atomic mass is 10.3. The van der Waals surface area contributed by atoms with Crippen LogP contribution in [0.1, 0.15) is 20.3 Å². The Labute approximate surface area is 73.8 Å². The summed E-state index contributed by atoms with van der Waals surface area (Å²) in [5.74, 6) is 0.0826. The minimum Gasteiger partial charge on any atom is -0.212 e. The van der Waals surface area contributed by atoms with Gasteiger partial charge in [-0.25, -0.2) is 12.7 Å². The van der Waals surface area contributed by atoms with Gasteiger partial charge in [-0.2, -0.15) is 5.26 Å². The molecule has 4 nitrogen and oxygen atoms in total. The lowest BCUT2D eigenvalue weighted by Gasteiger charge is -2.21. The van der Waals surface area contributed by atoms with Gasteiger partial charge in [-0.3, -0.25) is 0 Å². The third-order valence-corrected chi connectivity index (χ3v) is 3.78. The van der Waals surface area contributed by atoms with Crippen LogP contribution in [0.4, 0.5) is 0 Å². The zero-order chi connectivity index (χ0) is 9.78. The fraction of sp³-hybridized carbons (Fsp3) is 0.857. The summed E-state index contributed by atoms with van der Waals surface area (Å²) in [4.78, 5) is 0. The molecule has 0 aliphatic carbocycles. The maximum Gasteiger partial charge on any atom is 0.213 e. The third kappa shape index (κ3) is 2.80. The summed E-state index contributed by atoms with van der Waals surface area (Å²) < 4.78 is 23.7. The zero-order valence-corrected chi connectivity index (χ0v) is 8.43. The predicted molar refractivity (Wildman–Crippen MR) is 46.9 cm³/mol. The van der Waals surface area contributed by atoms with Crippen molar-refractivity contribution in [2.75, 3.05) is 12.8 Å². The maximum atomic E-state index is 11.2. The average Bonchev–Trinajstić information content (AvgIpc) is 2.03. The first-order chi connectivity index (χ1) is 5.45. The lowest BCUT2D eigenvalue weighted by molar-refractivity contribution is 0.394. The molecular weight excluding hydrogens is 176 g/mol. The van der Waals surface area contributed by atoms with Gasteiger partial charge in [-0.05, 0) is 13.8 Å². The van der Waals surface area contributed by atoms with Gasteiger partial charge >= 0.3 is 0 Å².